The smallest absolute Gasteiger partial charge is 0.254 e. The maximum atomic E-state index is 13.1. The number of carbonyl (C=O) groups excluding carboxylic acids is 2. The van der Waals surface area contributed by atoms with Crippen molar-refractivity contribution < 1.29 is 14.3 Å². The highest BCUT2D eigenvalue weighted by Crippen LogP contribution is 2.40. The maximum absolute atomic E-state index is 13.1. The van der Waals surface area contributed by atoms with E-state index in [1.54, 1.807) is 4.90 Å². The second kappa shape index (κ2) is 8.46. The van der Waals surface area contributed by atoms with Gasteiger partial charge in [-0.05, 0) is 43.5 Å². The molecule has 0 fully saturated rings. The molecule has 1 atom stereocenters. The molecule has 2 aromatic rings. The number of hydrogen-bond acceptors (Lipinski definition) is 3. The normalized spacial score (nSPS) is 15.5. The summed E-state index contributed by atoms with van der Waals surface area (Å²) in [5.41, 5.74) is 4.91. The fraction of sp³-hybridized carbons (Fsp3) is 0.391. The quantitative estimate of drug-likeness (QED) is 0.732. The van der Waals surface area contributed by atoms with Gasteiger partial charge in [-0.1, -0.05) is 43.2 Å². The molecule has 148 valence electrons. The summed E-state index contributed by atoms with van der Waals surface area (Å²) in [6, 6.07) is 11.3. The zero-order valence-electron chi connectivity index (χ0n) is 17.0. The third kappa shape index (κ3) is 4.19. The predicted octanol–water partition coefficient (Wildman–Crippen LogP) is 4.21. The monoisotopic (exact) mass is 380 g/mol. The van der Waals surface area contributed by atoms with Crippen LogP contribution in [-0.4, -0.2) is 18.4 Å². The molecule has 28 heavy (non-hydrogen) atoms. The van der Waals surface area contributed by atoms with Gasteiger partial charge in [-0.15, -0.1) is 0 Å². The summed E-state index contributed by atoms with van der Waals surface area (Å²) in [5, 5.41) is 2.81. The third-order valence-corrected chi connectivity index (χ3v) is 4.95. The van der Waals surface area contributed by atoms with E-state index >= 15 is 0 Å². The van der Waals surface area contributed by atoms with E-state index in [0.29, 0.717) is 13.2 Å². The molecule has 1 N–H and O–H groups in total. The van der Waals surface area contributed by atoms with Crippen molar-refractivity contribution in [1.29, 1.82) is 0 Å². The molecule has 1 aliphatic heterocycles. The van der Waals surface area contributed by atoms with Gasteiger partial charge in [0.1, 0.15) is 11.8 Å². The number of benzene rings is 2. The van der Waals surface area contributed by atoms with Gasteiger partial charge in [0.25, 0.3) is 5.91 Å². The Morgan fingerprint density at radius 2 is 1.89 bits per heavy atom. The summed E-state index contributed by atoms with van der Waals surface area (Å²) in [4.78, 5) is 26.5. The Hall–Kier alpha value is -2.82. The second-order valence-electron chi connectivity index (χ2n) is 7.42. The van der Waals surface area contributed by atoms with Gasteiger partial charge in [-0.3, -0.25) is 9.59 Å². The number of hydrogen-bond donors (Lipinski definition) is 1. The van der Waals surface area contributed by atoms with Crippen molar-refractivity contribution >= 4 is 17.5 Å². The predicted molar refractivity (Wildman–Crippen MR) is 111 cm³/mol. The standard InChI is InChI=1S/C23H28N2O3/c1-5-6-11-28-19-9-7-18(8-10-19)14-25-22-16(3)12-15(2)13-20(22)21(23(25)27)24-17(4)26/h7-10,12-13,21H,5-6,11,14H2,1-4H3,(H,24,26)/t21-/m0/s1. The molecule has 0 saturated heterocycles. The Bertz CT molecular complexity index is 874. The van der Waals surface area contributed by atoms with Crippen LogP contribution in [-0.2, 0) is 16.1 Å². The van der Waals surface area contributed by atoms with Gasteiger partial charge in [0.15, 0.2) is 0 Å². The van der Waals surface area contributed by atoms with Gasteiger partial charge in [-0.25, -0.2) is 0 Å². The van der Waals surface area contributed by atoms with Crippen LogP contribution in [0.4, 0.5) is 5.69 Å². The lowest BCUT2D eigenvalue weighted by atomic mass is 10.0. The molecule has 0 bridgehead atoms. The van der Waals surface area contributed by atoms with Crippen molar-refractivity contribution in [3.63, 3.8) is 0 Å². The number of carbonyl (C=O) groups is 2. The summed E-state index contributed by atoms with van der Waals surface area (Å²) in [6.45, 7) is 8.76. The Morgan fingerprint density at radius 1 is 1.18 bits per heavy atom. The van der Waals surface area contributed by atoms with E-state index < -0.39 is 6.04 Å². The average molecular weight is 380 g/mol. The van der Waals surface area contributed by atoms with Crippen molar-refractivity contribution in [2.75, 3.05) is 11.5 Å². The van der Waals surface area contributed by atoms with E-state index in [1.165, 1.54) is 6.92 Å². The highest BCUT2D eigenvalue weighted by atomic mass is 16.5. The molecule has 1 heterocycles. The summed E-state index contributed by atoms with van der Waals surface area (Å²) in [5.74, 6) is 0.536. The minimum Gasteiger partial charge on any atom is -0.494 e. The zero-order chi connectivity index (χ0) is 20.3. The van der Waals surface area contributed by atoms with E-state index in [0.717, 1.165) is 46.5 Å². The van der Waals surface area contributed by atoms with Crippen molar-refractivity contribution in [2.45, 2.75) is 53.1 Å². The fourth-order valence-electron chi connectivity index (χ4n) is 3.69. The van der Waals surface area contributed by atoms with Crippen molar-refractivity contribution in [1.82, 2.24) is 5.32 Å². The lowest BCUT2D eigenvalue weighted by Gasteiger charge is -2.20. The topological polar surface area (TPSA) is 58.6 Å². The van der Waals surface area contributed by atoms with Crippen LogP contribution in [0.25, 0.3) is 0 Å². The molecule has 2 amide bonds. The number of aryl methyl sites for hydroxylation is 2. The number of unbranched alkanes of at least 4 members (excludes halogenated alkanes) is 1. The maximum Gasteiger partial charge on any atom is 0.254 e. The Balaban J connectivity index is 1.84. The minimum atomic E-state index is -0.622. The SMILES string of the molecule is CCCCOc1ccc(CN2C(=O)[C@@H](NC(C)=O)c3cc(C)cc(C)c32)cc1. The largest absolute Gasteiger partial charge is 0.494 e. The summed E-state index contributed by atoms with van der Waals surface area (Å²) in [6.07, 6.45) is 2.13. The van der Waals surface area contributed by atoms with E-state index in [-0.39, 0.29) is 11.8 Å². The van der Waals surface area contributed by atoms with E-state index in [9.17, 15) is 9.59 Å². The van der Waals surface area contributed by atoms with Gasteiger partial charge in [-0.2, -0.15) is 0 Å². The fourth-order valence-corrected chi connectivity index (χ4v) is 3.69. The van der Waals surface area contributed by atoms with Crippen LogP contribution in [0.1, 0.15) is 55.0 Å². The van der Waals surface area contributed by atoms with Crippen LogP contribution >= 0.6 is 0 Å². The van der Waals surface area contributed by atoms with E-state index in [2.05, 4.69) is 18.3 Å². The number of nitrogens with zero attached hydrogens (tertiary/aromatic N) is 1. The Labute approximate surface area is 166 Å². The summed E-state index contributed by atoms with van der Waals surface area (Å²) in [7, 11) is 0. The van der Waals surface area contributed by atoms with Crippen molar-refractivity contribution in [3.8, 4) is 5.75 Å². The lowest BCUT2D eigenvalue weighted by molar-refractivity contribution is -0.126. The number of ether oxygens (including phenoxy) is 1. The van der Waals surface area contributed by atoms with Crippen LogP contribution in [0, 0.1) is 13.8 Å². The number of nitrogens with one attached hydrogen (secondary N) is 1. The zero-order valence-corrected chi connectivity index (χ0v) is 17.0. The van der Waals surface area contributed by atoms with Gasteiger partial charge in [0.05, 0.1) is 18.8 Å². The molecule has 1 aliphatic rings. The molecule has 2 aromatic carbocycles. The van der Waals surface area contributed by atoms with Crippen molar-refractivity contribution in [3.05, 3.63) is 58.7 Å². The molecular formula is C23H28N2O3. The van der Waals surface area contributed by atoms with Crippen LogP contribution < -0.4 is 15.0 Å². The van der Waals surface area contributed by atoms with Crippen molar-refractivity contribution in [2.24, 2.45) is 0 Å². The highest BCUT2D eigenvalue weighted by Gasteiger charge is 2.38. The molecule has 3 rings (SSSR count). The highest BCUT2D eigenvalue weighted by molar-refractivity contribution is 6.06. The van der Waals surface area contributed by atoms with Crippen LogP contribution in [0.2, 0.25) is 0 Å². The van der Waals surface area contributed by atoms with Gasteiger partial charge in [0, 0.05) is 12.5 Å². The number of amides is 2. The number of rotatable bonds is 7. The minimum absolute atomic E-state index is 0.0952. The van der Waals surface area contributed by atoms with Crippen LogP contribution in [0.3, 0.4) is 0 Å². The van der Waals surface area contributed by atoms with Gasteiger partial charge >= 0.3 is 0 Å². The Kier molecular flexibility index (Phi) is 6.02. The van der Waals surface area contributed by atoms with E-state index in [1.807, 2.05) is 44.2 Å². The van der Waals surface area contributed by atoms with E-state index in [4.69, 9.17) is 4.74 Å². The van der Waals surface area contributed by atoms with Gasteiger partial charge < -0.3 is 15.0 Å². The summed E-state index contributed by atoms with van der Waals surface area (Å²) < 4.78 is 5.71. The molecule has 0 unspecified atom stereocenters. The molecule has 0 spiro atoms. The van der Waals surface area contributed by atoms with Crippen LogP contribution in [0.15, 0.2) is 36.4 Å². The number of fused-ring (bicyclic) bond motifs is 1. The Morgan fingerprint density at radius 3 is 2.54 bits per heavy atom. The molecule has 0 aliphatic carbocycles. The van der Waals surface area contributed by atoms with Gasteiger partial charge in [0.2, 0.25) is 5.91 Å². The first-order valence-electron chi connectivity index (χ1n) is 9.82. The molecule has 0 saturated carbocycles. The average Bonchev–Trinajstić information content (AvgIpc) is 2.89. The first-order chi connectivity index (χ1) is 13.4. The lowest BCUT2D eigenvalue weighted by Crippen LogP contribution is -2.36. The molecule has 0 aromatic heterocycles. The van der Waals surface area contributed by atoms with Crippen LogP contribution in [0.5, 0.6) is 5.75 Å². The first-order valence-corrected chi connectivity index (χ1v) is 9.82. The number of anilines is 1. The summed E-state index contributed by atoms with van der Waals surface area (Å²) >= 11 is 0. The molecule has 0 radical (unpaired) electrons. The molecular weight excluding hydrogens is 352 g/mol. The second-order valence-corrected chi connectivity index (χ2v) is 7.42. The third-order valence-electron chi connectivity index (χ3n) is 4.95. The molecule has 5 heteroatoms. The first kappa shape index (κ1) is 19.9. The molecule has 5 nitrogen and oxygen atoms in total.